The number of rotatable bonds is 6. The Hall–Kier alpha value is -2.99. The highest BCUT2D eigenvalue weighted by Crippen LogP contribution is 2.29. The van der Waals surface area contributed by atoms with Crippen LogP contribution in [0.4, 0.5) is 5.69 Å². The number of hydrogen-bond donors (Lipinski definition) is 1. The molecule has 0 atom stereocenters. The van der Waals surface area contributed by atoms with Gasteiger partial charge in [-0.25, -0.2) is 0 Å². The predicted molar refractivity (Wildman–Crippen MR) is 109 cm³/mol. The Labute approximate surface area is 169 Å². The van der Waals surface area contributed by atoms with Crippen LogP contribution in [0.15, 0.2) is 36.4 Å². The molecule has 150 valence electrons. The van der Waals surface area contributed by atoms with Crippen LogP contribution in [0.2, 0.25) is 0 Å². The van der Waals surface area contributed by atoms with Crippen LogP contribution in [0.5, 0.6) is 0 Å². The number of methoxy groups -OCH3 is 1. The number of carbonyl (C=O) groups is 3. The molecule has 0 spiro atoms. The van der Waals surface area contributed by atoms with Crippen LogP contribution in [-0.4, -0.2) is 42.9 Å². The summed E-state index contributed by atoms with van der Waals surface area (Å²) in [4.78, 5) is 39.2. The van der Waals surface area contributed by atoms with Gasteiger partial charge in [0, 0.05) is 31.5 Å². The highest BCUT2D eigenvalue weighted by atomic mass is 16.5. The second-order valence-corrected chi connectivity index (χ2v) is 7.47. The minimum absolute atomic E-state index is 0.273. The molecule has 3 amide bonds. The average Bonchev–Trinajstić information content (AvgIpc) is 2.98. The van der Waals surface area contributed by atoms with Crippen LogP contribution in [0.1, 0.15) is 61.5 Å². The highest BCUT2D eigenvalue weighted by Gasteiger charge is 2.35. The molecule has 0 saturated carbocycles. The van der Waals surface area contributed by atoms with Crippen molar-refractivity contribution >= 4 is 23.4 Å². The van der Waals surface area contributed by atoms with Crippen molar-refractivity contribution in [2.24, 2.45) is 0 Å². The quantitative estimate of drug-likeness (QED) is 0.603. The fourth-order valence-corrected chi connectivity index (χ4v) is 4.09. The lowest BCUT2D eigenvalue weighted by molar-refractivity contribution is 0.0638. The van der Waals surface area contributed by atoms with Crippen molar-refractivity contribution in [3.8, 4) is 0 Å². The van der Waals surface area contributed by atoms with Crippen molar-refractivity contribution in [1.29, 1.82) is 0 Å². The van der Waals surface area contributed by atoms with Crippen LogP contribution >= 0.6 is 0 Å². The van der Waals surface area contributed by atoms with Gasteiger partial charge in [-0.2, -0.15) is 0 Å². The maximum atomic E-state index is 12.8. The maximum Gasteiger partial charge on any atom is 0.261 e. The second kappa shape index (κ2) is 8.17. The molecule has 0 aromatic heterocycles. The van der Waals surface area contributed by atoms with Gasteiger partial charge in [-0.15, -0.1) is 0 Å². The first kappa shape index (κ1) is 19.3. The largest absolute Gasteiger partial charge is 0.385 e. The van der Waals surface area contributed by atoms with E-state index in [2.05, 4.69) is 11.4 Å². The SMILES string of the molecule is COCCCN1C(=O)c2ccc(C(=O)Nc3cccc4c3CCCC4)cc2C1=O. The minimum atomic E-state index is -0.354. The Balaban J connectivity index is 1.54. The molecule has 0 unspecified atom stereocenters. The Morgan fingerprint density at radius 1 is 1.07 bits per heavy atom. The third-order valence-electron chi connectivity index (χ3n) is 5.61. The summed E-state index contributed by atoms with van der Waals surface area (Å²) in [6.45, 7) is 0.778. The Kier molecular flexibility index (Phi) is 5.45. The first-order valence-electron chi connectivity index (χ1n) is 10.0. The van der Waals surface area contributed by atoms with Gasteiger partial charge in [0.15, 0.2) is 0 Å². The van der Waals surface area contributed by atoms with Gasteiger partial charge >= 0.3 is 0 Å². The average molecular weight is 392 g/mol. The van der Waals surface area contributed by atoms with E-state index in [0.717, 1.165) is 24.9 Å². The summed E-state index contributed by atoms with van der Waals surface area (Å²) in [5.41, 5.74) is 4.32. The van der Waals surface area contributed by atoms with Gasteiger partial charge in [0.2, 0.25) is 0 Å². The van der Waals surface area contributed by atoms with E-state index in [0.29, 0.717) is 30.7 Å². The molecule has 2 aromatic carbocycles. The smallest absolute Gasteiger partial charge is 0.261 e. The number of imide groups is 1. The van der Waals surface area contributed by atoms with Gasteiger partial charge in [0.25, 0.3) is 17.7 Å². The number of nitrogens with zero attached hydrogens (tertiary/aromatic N) is 1. The highest BCUT2D eigenvalue weighted by molar-refractivity contribution is 6.22. The summed E-state index contributed by atoms with van der Waals surface area (Å²) >= 11 is 0. The van der Waals surface area contributed by atoms with Crippen LogP contribution in [0.25, 0.3) is 0 Å². The molecular formula is C23H24N2O4. The maximum absolute atomic E-state index is 12.8. The lowest BCUT2D eigenvalue weighted by Gasteiger charge is -2.19. The van der Waals surface area contributed by atoms with E-state index in [9.17, 15) is 14.4 Å². The zero-order valence-corrected chi connectivity index (χ0v) is 16.5. The van der Waals surface area contributed by atoms with E-state index < -0.39 is 0 Å². The van der Waals surface area contributed by atoms with Crippen LogP contribution in [0, 0.1) is 0 Å². The minimum Gasteiger partial charge on any atom is -0.385 e. The molecule has 6 nitrogen and oxygen atoms in total. The molecule has 1 heterocycles. The molecule has 1 N–H and O–H groups in total. The number of fused-ring (bicyclic) bond motifs is 2. The van der Waals surface area contributed by atoms with Crippen molar-refractivity contribution in [3.63, 3.8) is 0 Å². The summed E-state index contributed by atoms with van der Waals surface area (Å²) in [5, 5.41) is 2.99. The van der Waals surface area contributed by atoms with E-state index in [1.807, 2.05) is 12.1 Å². The van der Waals surface area contributed by atoms with Crippen molar-refractivity contribution in [3.05, 3.63) is 64.2 Å². The normalized spacial score (nSPS) is 15.3. The fourth-order valence-electron chi connectivity index (χ4n) is 4.09. The van der Waals surface area contributed by atoms with Gasteiger partial charge < -0.3 is 10.1 Å². The van der Waals surface area contributed by atoms with E-state index >= 15 is 0 Å². The number of anilines is 1. The van der Waals surface area contributed by atoms with Crippen LogP contribution in [-0.2, 0) is 17.6 Å². The van der Waals surface area contributed by atoms with Crippen molar-refractivity contribution in [1.82, 2.24) is 4.90 Å². The Morgan fingerprint density at radius 2 is 1.86 bits per heavy atom. The molecule has 0 bridgehead atoms. The summed E-state index contributed by atoms with van der Waals surface area (Å²) < 4.78 is 4.99. The van der Waals surface area contributed by atoms with E-state index in [1.54, 1.807) is 19.2 Å². The molecule has 1 aliphatic carbocycles. The standard InChI is InChI=1S/C23H24N2O4/c1-29-13-5-12-25-22(27)18-11-10-16(14-19(18)23(25)28)21(26)24-20-9-4-7-15-6-2-3-8-17(15)20/h4,7,9-11,14H,2-3,5-6,8,12-13H2,1H3,(H,24,26). The summed E-state index contributed by atoms with van der Waals surface area (Å²) in [7, 11) is 1.58. The summed E-state index contributed by atoms with van der Waals surface area (Å²) in [6, 6.07) is 10.7. The predicted octanol–water partition coefficient (Wildman–Crippen LogP) is 3.45. The lowest BCUT2D eigenvalue weighted by atomic mass is 9.90. The van der Waals surface area contributed by atoms with Gasteiger partial charge in [-0.3, -0.25) is 19.3 Å². The number of nitrogens with one attached hydrogen (secondary N) is 1. The van der Waals surface area contributed by atoms with E-state index in [1.165, 1.54) is 28.5 Å². The van der Waals surface area contributed by atoms with Crippen molar-refractivity contribution < 1.29 is 19.1 Å². The van der Waals surface area contributed by atoms with E-state index in [4.69, 9.17) is 4.74 Å². The molecule has 0 fully saturated rings. The molecular weight excluding hydrogens is 368 g/mol. The number of hydrogen-bond acceptors (Lipinski definition) is 4. The molecule has 0 saturated heterocycles. The Bertz CT molecular complexity index is 983. The third-order valence-corrected chi connectivity index (χ3v) is 5.61. The molecule has 29 heavy (non-hydrogen) atoms. The van der Waals surface area contributed by atoms with Gasteiger partial charge in [0.1, 0.15) is 0 Å². The van der Waals surface area contributed by atoms with Crippen LogP contribution < -0.4 is 5.32 Å². The lowest BCUT2D eigenvalue weighted by Crippen LogP contribution is -2.31. The topological polar surface area (TPSA) is 75.7 Å². The molecule has 2 aromatic rings. The number of carbonyl (C=O) groups excluding carboxylic acids is 3. The molecule has 2 aliphatic rings. The zero-order valence-electron chi connectivity index (χ0n) is 16.5. The first-order chi connectivity index (χ1) is 14.1. The van der Waals surface area contributed by atoms with Crippen molar-refractivity contribution in [2.75, 3.05) is 25.6 Å². The Morgan fingerprint density at radius 3 is 2.69 bits per heavy atom. The third kappa shape index (κ3) is 3.68. The summed E-state index contributed by atoms with van der Waals surface area (Å²) in [5.74, 6) is -0.942. The second-order valence-electron chi connectivity index (χ2n) is 7.47. The molecule has 6 heteroatoms. The molecule has 0 radical (unpaired) electrons. The van der Waals surface area contributed by atoms with Gasteiger partial charge in [-0.05, 0) is 67.5 Å². The summed E-state index contributed by atoms with van der Waals surface area (Å²) in [6.07, 6.45) is 4.86. The van der Waals surface area contributed by atoms with Crippen LogP contribution in [0.3, 0.4) is 0 Å². The van der Waals surface area contributed by atoms with Gasteiger partial charge in [-0.1, -0.05) is 12.1 Å². The number of benzene rings is 2. The zero-order chi connectivity index (χ0) is 20.4. The van der Waals surface area contributed by atoms with Crippen molar-refractivity contribution in [2.45, 2.75) is 32.1 Å². The van der Waals surface area contributed by atoms with E-state index in [-0.39, 0.29) is 23.3 Å². The molecule has 1 aliphatic heterocycles. The van der Waals surface area contributed by atoms with Gasteiger partial charge in [0.05, 0.1) is 11.1 Å². The molecule has 4 rings (SSSR count). The number of amides is 3. The number of aryl methyl sites for hydroxylation is 1. The first-order valence-corrected chi connectivity index (χ1v) is 10.0. The fraction of sp³-hybridized carbons (Fsp3) is 0.348. The monoisotopic (exact) mass is 392 g/mol. The number of ether oxygens (including phenoxy) is 1.